The fraction of sp³-hybridized carbons (Fsp3) is 0.579. The Balaban J connectivity index is 1.38. The summed E-state index contributed by atoms with van der Waals surface area (Å²) in [5, 5.41) is 4.78. The van der Waals surface area contributed by atoms with E-state index in [-0.39, 0.29) is 5.75 Å². The minimum atomic E-state index is -3.28. The lowest BCUT2D eigenvalue weighted by Gasteiger charge is -2.31. The van der Waals surface area contributed by atoms with E-state index < -0.39 is 10.0 Å². The monoisotopic (exact) mass is 422 g/mol. The molecule has 2 aromatic rings. The maximum Gasteiger partial charge on any atom is 0.218 e. The summed E-state index contributed by atoms with van der Waals surface area (Å²) < 4.78 is 31.9. The maximum atomic E-state index is 12.7. The smallest absolute Gasteiger partial charge is 0.218 e. The number of nitrogens with one attached hydrogen (secondary N) is 1. The van der Waals surface area contributed by atoms with Crippen molar-refractivity contribution in [2.75, 3.05) is 26.2 Å². The van der Waals surface area contributed by atoms with Crippen LogP contribution in [-0.2, 0) is 29.0 Å². The number of rotatable bonds is 7. The van der Waals surface area contributed by atoms with E-state index in [1.165, 1.54) is 17.7 Å². The molecule has 1 aromatic heterocycles. The van der Waals surface area contributed by atoms with Crippen molar-refractivity contribution in [1.82, 2.24) is 18.7 Å². The van der Waals surface area contributed by atoms with E-state index in [9.17, 15) is 8.42 Å². The van der Waals surface area contributed by atoms with Crippen LogP contribution in [0.1, 0.15) is 37.1 Å². The Morgan fingerprint density at radius 2 is 1.86 bits per heavy atom. The normalized spacial score (nSPS) is 19.2. The number of hydrogen-bond donors (Lipinski definition) is 1. The standard InChI is InChI=1S/C19H27N5O2S2/c1-2-23-18(17-8-9-17)20-24(19(23)27)15-21-10-12-22(13-11-21)28(25,26)14-16-6-4-3-5-7-16/h3-7,17H,2,8-15H2,1H3/p+1. The molecule has 4 rings (SSSR count). The number of piperazine rings is 1. The van der Waals surface area contributed by atoms with Gasteiger partial charge in [-0.25, -0.2) is 8.42 Å². The van der Waals surface area contributed by atoms with Crippen molar-refractivity contribution in [3.05, 3.63) is 46.5 Å². The largest absolute Gasteiger partial charge is 0.314 e. The van der Waals surface area contributed by atoms with Gasteiger partial charge in [0, 0.05) is 12.5 Å². The molecule has 1 aliphatic carbocycles. The predicted octanol–water partition coefficient (Wildman–Crippen LogP) is 0.999. The Morgan fingerprint density at radius 1 is 1.18 bits per heavy atom. The second-order valence-electron chi connectivity index (χ2n) is 7.71. The van der Waals surface area contributed by atoms with Gasteiger partial charge >= 0.3 is 0 Å². The van der Waals surface area contributed by atoms with E-state index in [2.05, 4.69) is 11.5 Å². The van der Waals surface area contributed by atoms with Crippen LogP contribution in [0.4, 0.5) is 0 Å². The van der Waals surface area contributed by atoms with Gasteiger partial charge in [-0.15, -0.1) is 0 Å². The van der Waals surface area contributed by atoms with Crippen LogP contribution < -0.4 is 4.90 Å². The van der Waals surface area contributed by atoms with E-state index in [1.54, 1.807) is 4.31 Å². The van der Waals surface area contributed by atoms with Gasteiger partial charge in [-0.2, -0.15) is 14.1 Å². The molecule has 9 heteroatoms. The molecule has 0 unspecified atom stereocenters. The van der Waals surface area contributed by atoms with Gasteiger partial charge < -0.3 is 9.47 Å². The summed E-state index contributed by atoms with van der Waals surface area (Å²) in [6, 6.07) is 9.38. The molecule has 0 bridgehead atoms. The van der Waals surface area contributed by atoms with Crippen LogP contribution in [0.25, 0.3) is 0 Å². The van der Waals surface area contributed by atoms with Crippen molar-refractivity contribution >= 4 is 22.2 Å². The van der Waals surface area contributed by atoms with Crippen LogP contribution in [0.2, 0.25) is 0 Å². The summed E-state index contributed by atoms with van der Waals surface area (Å²) in [4.78, 5) is 1.32. The number of hydrogen-bond acceptors (Lipinski definition) is 4. The molecule has 1 aromatic carbocycles. The summed E-state index contributed by atoms with van der Waals surface area (Å²) in [5.74, 6) is 1.76. The fourth-order valence-electron chi connectivity index (χ4n) is 3.83. The van der Waals surface area contributed by atoms with E-state index >= 15 is 0 Å². The van der Waals surface area contributed by atoms with Crippen LogP contribution in [0.3, 0.4) is 0 Å². The minimum absolute atomic E-state index is 0.0693. The Bertz CT molecular complexity index is 971. The van der Waals surface area contributed by atoms with Crippen molar-refractivity contribution in [2.24, 2.45) is 0 Å². The average molecular weight is 423 g/mol. The van der Waals surface area contributed by atoms with Gasteiger partial charge in [0.05, 0.1) is 31.9 Å². The molecule has 28 heavy (non-hydrogen) atoms. The van der Waals surface area contributed by atoms with Crippen LogP contribution in [0, 0.1) is 4.77 Å². The summed E-state index contributed by atoms with van der Waals surface area (Å²) in [6.07, 6.45) is 2.41. The first-order valence-electron chi connectivity index (χ1n) is 10.0. The highest BCUT2D eigenvalue weighted by Crippen LogP contribution is 2.39. The summed E-state index contributed by atoms with van der Waals surface area (Å²) in [7, 11) is -3.28. The highest BCUT2D eigenvalue weighted by atomic mass is 32.2. The second-order valence-corrected chi connectivity index (χ2v) is 10.0. The lowest BCUT2D eigenvalue weighted by Crippen LogP contribution is -3.14. The molecule has 1 saturated heterocycles. The van der Waals surface area contributed by atoms with E-state index in [1.807, 2.05) is 35.0 Å². The van der Waals surface area contributed by atoms with Gasteiger partial charge in [-0.05, 0) is 37.5 Å². The van der Waals surface area contributed by atoms with Gasteiger partial charge in [-0.3, -0.25) is 0 Å². The summed E-state index contributed by atoms with van der Waals surface area (Å²) in [6.45, 7) is 6.30. The SMILES string of the molecule is CCn1c(C2CC2)nn(C[NH+]2CCN(S(=O)(=O)Cc3ccccc3)CC2)c1=S. The summed E-state index contributed by atoms with van der Waals surface area (Å²) in [5.41, 5.74) is 0.835. The molecule has 0 spiro atoms. The lowest BCUT2D eigenvalue weighted by molar-refractivity contribution is -0.926. The van der Waals surface area contributed by atoms with E-state index in [0.29, 0.717) is 25.7 Å². The molecule has 7 nitrogen and oxygen atoms in total. The predicted molar refractivity (Wildman–Crippen MR) is 110 cm³/mol. The minimum Gasteiger partial charge on any atom is -0.314 e. The highest BCUT2D eigenvalue weighted by molar-refractivity contribution is 7.88. The fourth-order valence-corrected chi connectivity index (χ4v) is 5.69. The molecule has 0 radical (unpaired) electrons. The Kier molecular flexibility index (Phi) is 5.69. The maximum absolute atomic E-state index is 12.7. The molecule has 0 atom stereocenters. The van der Waals surface area contributed by atoms with Gasteiger partial charge in [0.15, 0.2) is 6.67 Å². The first-order valence-corrected chi connectivity index (χ1v) is 12.0. The Morgan fingerprint density at radius 3 is 2.46 bits per heavy atom. The van der Waals surface area contributed by atoms with Crippen LogP contribution in [0.15, 0.2) is 30.3 Å². The quantitative estimate of drug-likeness (QED) is 0.676. The molecular formula is C19H28N5O2S2+. The zero-order valence-corrected chi connectivity index (χ0v) is 17.9. The van der Waals surface area contributed by atoms with Gasteiger partial charge in [-0.1, -0.05) is 30.3 Å². The number of nitrogens with zero attached hydrogens (tertiary/aromatic N) is 4. The molecule has 2 heterocycles. The third kappa shape index (κ3) is 4.22. The van der Waals surface area contributed by atoms with Gasteiger partial charge in [0.2, 0.25) is 14.8 Å². The first-order chi connectivity index (χ1) is 13.5. The average Bonchev–Trinajstić information content (AvgIpc) is 3.48. The second kappa shape index (κ2) is 8.06. The third-order valence-electron chi connectivity index (χ3n) is 5.60. The number of sulfonamides is 1. The molecule has 2 fully saturated rings. The van der Waals surface area contributed by atoms with Crippen molar-refractivity contribution in [1.29, 1.82) is 0 Å². The van der Waals surface area contributed by atoms with Gasteiger partial charge in [0.1, 0.15) is 5.82 Å². The van der Waals surface area contributed by atoms with E-state index in [4.69, 9.17) is 17.3 Å². The third-order valence-corrected chi connectivity index (χ3v) is 7.88. The number of quaternary nitrogens is 1. The number of aromatic nitrogens is 3. The number of benzene rings is 1. The first kappa shape index (κ1) is 19.8. The molecule has 0 amide bonds. The summed E-state index contributed by atoms with van der Waals surface area (Å²) >= 11 is 5.63. The Hall–Kier alpha value is -1.55. The molecule has 1 N–H and O–H groups in total. The molecule has 1 aliphatic heterocycles. The van der Waals surface area contributed by atoms with Crippen molar-refractivity contribution < 1.29 is 13.3 Å². The van der Waals surface area contributed by atoms with E-state index in [0.717, 1.165) is 35.8 Å². The van der Waals surface area contributed by atoms with Crippen LogP contribution in [-0.4, -0.2) is 53.2 Å². The Labute approximate surface area is 171 Å². The van der Waals surface area contributed by atoms with Crippen molar-refractivity contribution in [2.45, 2.75) is 44.6 Å². The zero-order chi connectivity index (χ0) is 19.7. The van der Waals surface area contributed by atoms with Crippen molar-refractivity contribution in [3.8, 4) is 0 Å². The molecule has 1 saturated carbocycles. The molecule has 2 aliphatic rings. The van der Waals surface area contributed by atoms with Gasteiger partial charge in [0.25, 0.3) is 0 Å². The molecular weight excluding hydrogens is 394 g/mol. The topological polar surface area (TPSA) is 64.6 Å². The highest BCUT2D eigenvalue weighted by Gasteiger charge is 2.32. The zero-order valence-electron chi connectivity index (χ0n) is 16.2. The van der Waals surface area contributed by atoms with Crippen LogP contribution in [0.5, 0.6) is 0 Å². The molecule has 152 valence electrons. The van der Waals surface area contributed by atoms with Crippen molar-refractivity contribution in [3.63, 3.8) is 0 Å². The lowest BCUT2D eigenvalue weighted by atomic mass is 10.2. The van der Waals surface area contributed by atoms with Crippen LogP contribution >= 0.6 is 12.2 Å².